The number of hydrogen-bond donors (Lipinski definition) is 1. The fourth-order valence-electron chi connectivity index (χ4n) is 1.09. The second-order valence-corrected chi connectivity index (χ2v) is 5.47. The van der Waals surface area contributed by atoms with Crippen molar-refractivity contribution in [3.63, 3.8) is 0 Å². The molecule has 0 radical (unpaired) electrons. The predicted octanol–water partition coefficient (Wildman–Crippen LogP) is 2.63. The molecule has 0 saturated heterocycles. The van der Waals surface area contributed by atoms with E-state index < -0.39 is 5.60 Å². The van der Waals surface area contributed by atoms with Crippen LogP contribution in [0.15, 0.2) is 12.1 Å². The average Bonchev–Trinajstić information content (AvgIpc) is 2.50. The Morgan fingerprint density at radius 3 is 2.56 bits per heavy atom. The van der Waals surface area contributed by atoms with Gasteiger partial charge in [-0.25, -0.2) is 4.79 Å². The number of esters is 1. The Hall–Kier alpha value is -0.580. The van der Waals surface area contributed by atoms with Crippen molar-refractivity contribution in [2.24, 2.45) is 5.73 Å². The molecule has 1 aromatic heterocycles. The zero-order valence-corrected chi connectivity index (χ0v) is 11.4. The third-order valence-corrected chi connectivity index (χ3v) is 2.78. The summed E-state index contributed by atoms with van der Waals surface area (Å²) in [5.74, 6) is -0.254. The summed E-state index contributed by atoms with van der Waals surface area (Å²) in [6.07, 6.45) is 0.813. The summed E-state index contributed by atoms with van der Waals surface area (Å²) in [7, 11) is 0. The van der Waals surface area contributed by atoms with E-state index in [2.05, 4.69) is 0 Å². The number of halogens is 1. The van der Waals surface area contributed by atoms with Gasteiger partial charge in [0.2, 0.25) is 0 Å². The largest absolute Gasteiger partial charge is 0.456 e. The van der Waals surface area contributed by atoms with Crippen LogP contribution in [0, 0.1) is 0 Å². The summed E-state index contributed by atoms with van der Waals surface area (Å²) >= 11 is 1.45. The molecule has 0 aliphatic heterocycles. The van der Waals surface area contributed by atoms with Crippen molar-refractivity contribution >= 4 is 29.7 Å². The van der Waals surface area contributed by atoms with Gasteiger partial charge < -0.3 is 10.5 Å². The lowest BCUT2D eigenvalue weighted by atomic mass is 10.2. The van der Waals surface area contributed by atoms with Crippen molar-refractivity contribution in [2.75, 3.05) is 6.54 Å². The van der Waals surface area contributed by atoms with Gasteiger partial charge >= 0.3 is 5.97 Å². The molecule has 0 amide bonds. The lowest BCUT2D eigenvalue weighted by Crippen LogP contribution is -2.23. The van der Waals surface area contributed by atoms with E-state index in [0.29, 0.717) is 11.4 Å². The highest BCUT2D eigenvalue weighted by Gasteiger charge is 2.18. The molecular formula is C11H18ClNO2S. The molecule has 92 valence electrons. The smallest absolute Gasteiger partial charge is 0.348 e. The Labute approximate surface area is 106 Å². The van der Waals surface area contributed by atoms with Crippen LogP contribution in [0.1, 0.15) is 35.3 Å². The molecule has 1 heterocycles. The number of hydrogen-bond acceptors (Lipinski definition) is 4. The normalized spacial score (nSPS) is 10.8. The molecule has 0 saturated carbocycles. The van der Waals surface area contributed by atoms with Crippen molar-refractivity contribution < 1.29 is 9.53 Å². The first-order valence-corrected chi connectivity index (χ1v) is 5.76. The van der Waals surface area contributed by atoms with Gasteiger partial charge in [-0.1, -0.05) is 0 Å². The van der Waals surface area contributed by atoms with Crippen molar-refractivity contribution in [3.05, 3.63) is 21.9 Å². The van der Waals surface area contributed by atoms with Crippen molar-refractivity contribution in [1.82, 2.24) is 0 Å². The van der Waals surface area contributed by atoms with Crippen LogP contribution < -0.4 is 5.73 Å². The molecule has 0 fully saturated rings. The SMILES string of the molecule is CC(C)(C)OC(=O)c1ccc(CCN)s1.Cl. The van der Waals surface area contributed by atoms with Gasteiger partial charge in [0.25, 0.3) is 0 Å². The maximum Gasteiger partial charge on any atom is 0.348 e. The number of thiophene rings is 1. The fourth-order valence-corrected chi connectivity index (χ4v) is 1.99. The second-order valence-electron chi connectivity index (χ2n) is 4.31. The Balaban J connectivity index is 0.00000225. The molecule has 3 nitrogen and oxygen atoms in total. The highest BCUT2D eigenvalue weighted by atomic mass is 35.5. The Morgan fingerprint density at radius 1 is 1.44 bits per heavy atom. The Bertz CT molecular complexity index is 344. The minimum Gasteiger partial charge on any atom is -0.456 e. The van der Waals surface area contributed by atoms with E-state index in [1.807, 2.05) is 26.8 Å². The number of nitrogens with two attached hydrogens (primary N) is 1. The fraction of sp³-hybridized carbons (Fsp3) is 0.545. The zero-order chi connectivity index (χ0) is 11.5. The molecule has 0 aliphatic carbocycles. The van der Waals surface area contributed by atoms with Crippen LogP contribution in [0.4, 0.5) is 0 Å². The molecule has 16 heavy (non-hydrogen) atoms. The summed E-state index contributed by atoms with van der Waals surface area (Å²) < 4.78 is 5.26. The van der Waals surface area contributed by atoms with Crippen LogP contribution in [0.2, 0.25) is 0 Å². The van der Waals surface area contributed by atoms with Gasteiger partial charge in [0.15, 0.2) is 0 Å². The first kappa shape index (κ1) is 15.4. The standard InChI is InChI=1S/C11H17NO2S.ClH/c1-11(2,3)14-10(13)9-5-4-8(15-9)6-7-12;/h4-5H,6-7,12H2,1-3H3;1H. The summed E-state index contributed by atoms with van der Waals surface area (Å²) in [5.41, 5.74) is 5.00. The van der Waals surface area contributed by atoms with E-state index in [1.54, 1.807) is 6.07 Å². The molecular weight excluding hydrogens is 246 g/mol. The molecule has 1 rings (SSSR count). The van der Waals surface area contributed by atoms with Gasteiger partial charge in [0.1, 0.15) is 10.5 Å². The maximum atomic E-state index is 11.6. The third-order valence-electron chi connectivity index (χ3n) is 1.65. The van der Waals surface area contributed by atoms with Crippen LogP contribution in [-0.2, 0) is 11.2 Å². The molecule has 0 unspecified atom stereocenters. The topological polar surface area (TPSA) is 52.3 Å². The first-order valence-electron chi connectivity index (χ1n) is 4.94. The van der Waals surface area contributed by atoms with Crippen LogP contribution in [-0.4, -0.2) is 18.1 Å². The van der Waals surface area contributed by atoms with Crippen LogP contribution in [0.5, 0.6) is 0 Å². The van der Waals surface area contributed by atoms with E-state index in [-0.39, 0.29) is 18.4 Å². The summed E-state index contributed by atoms with van der Waals surface area (Å²) in [6.45, 7) is 6.19. The Kier molecular flexibility index (Phi) is 6.00. The zero-order valence-electron chi connectivity index (χ0n) is 9.78. The third kappa shape index (κ3) is 4.96. The van der Waals surface area contributed by atoms with Crippen molar-refractivity contribution in [3.8, 4) is 0 Å². The minimum atomic E-state index is -0.435. The maximum absolute atomic E-state index is 11.6. The second kappa shape index (κ2) is 6.23. The van der Waals surface area contributed by atoms with Gasteiger partial charge in [0, 0.05) is 4.88 Å². The summed E-state index contributed by atoms with van der Waals surface area (Å²) in [4.78, 5) is 13.4. The number of carbonyl (C=O) groups excluding carboxylic acids is 1. The number of carbonyl (C=O) groups is 1. The average molecular weight is 264 g/mol. The lowest BCUT2D eigenvalue weighted by molar-refractivity contribution is 0.00752. The van der Waals surface area contributed by atoms with E-state index in [9.17, 15) is 4.79 Å². The summed E-state index contributed by atoms with van der Waals surface area (Å²) in [5, 5.41) is 0. The molecule has 0 aromatic carbocycles. The highest BCUT2D eigenvalue weighted by Crippen LogP contribution is 2.20. The molecule has 0 bridgehead atoms. The number of ether oxygens (including phenoxy) is 1. The van der Waals surface area contributed by atoms with Gasteiger partial charge in [-0.3, -0.25) is 0 Å². The van der Waals surface area contributed by atoms with E-state index in [4.69, 9.17) is 10.5 Å². The Morgan fingerprint density at radius 2 is 2.06 bits per heavy atom. The van der Waals surface area contributed by atoms with Crippen molar-refractivity contribution in [2.45, 2.75) is 32.8 Å². The monoisotopic (exact) mass is 263 g/mol. The number of rotatable bonds is 3. The minimum absolute atomic E-state index is 0. The molecule has 5 heteroatoms. The molecule has 0 atom stereocenters. The van der Waals surface area contributed by atoms with Gasteiger partial charge in [-0.15, -0.1) is 23.7 Å². The highest BCUT2D eigenvalue weighted by molar-refractivity contribution is 7.13. The van der Waals surface area contributed by atoms with E-state index in [0.717, 1.165) is 11.3 Å². The molecule has 1 aromatic rings. The van der Waals surface area contributed by atoms with Gasteiger partial charge in [-0.05, 0) is 45.9 Å². The summed E-state index contributed by atoms with van der Waals surface area (Å²) in [6, 6.07) is 3.72. The first-order chi connectivity index (χ1) is 6.92. The lowest BCUT2D eigenvalue weighted by Gasteiger charge is -2.18. The van der Waals surface area contributed by atoms with E-state index >= 15 is 0 Å². The van der Waals surface area contributed by atoms with Crippen LogP contribution in [0.25, 0.3) is 0 Å². The molecule has 0 spiro atoms. The van der Waals surface area contributed by atoms with Crippen molar-refractivity contribution in [1.29, 1.82) is 0 Å². The molecule has 0 aliphatic rings. The van der Waals surface area contributed by atoms with Crippen LogP contribution >= 0.6 is 23.7 Å². The molecule has 2 N–H and O–H groups in total. The predicted molar refractivity (Wildman–Crippen MR) is 69.5 cm³/mol. The quantitative estimate of drug-likeness (QED) is 0.853. The van der Waals surface area contributed by atoms with E-state index in [1.165, 1.54) is 11.3 Å². The van der Waals surface area contributed by atoms with Crippen LogP contribution in [0.3, 0.4) is 0 Å². The van der Waals surface area contributed by atoms with Gasteiger partial charge in [0.05, 0.1) is 0 Å². The van der Waals surface area contributed by atoms with Gasteiger partial charge in [-0.2, -0.15) is 0 Å².